The van der Waals surface area contributed by atoms with Gasteiger partial charge in [0.1, 0.15) is 5.75 Å². The van der Waals surface area contributed by atoms with Crippen molar-refractivity contribution in [3.63, 3.8) is 0 Å². The maximum atomic E-state index is 12.1. The van der Waals surface area contributed by atoms with Crippen molar-refractivity contribution in [3.8, 4) is 5.75 Å². The SMILES string of the molecule is CC(=O)c1ccc(OC2CCC(NC(=O)NNc3ccc(Cl)c(Cl)c3)CC2)cc1. The average Bonchev–Trinajstić information content (AvgIpc) is 2.71. The summed E-state index contributed by atoms with van der Waals surface area (Å²) in [7, 11) is 0. The second kappa shape index (κ2) is 9.85. The van der Waals surface area contributed by atoms with Crippen molar-refractivity contribution >= 4 is 40.7 Å². The van der Waals surface area contributed by atoms with Crippen molar-refractivity contribution in [1.82, 2.24) is 10.7 Å². The van der Waals surface area contributed by atoms with Gasteiger partial charge in [-0.05, 0) is 75.1 Å². The Hall–Kier alpha value is -2.44. The molecule has 6 nitrogen and oxygen atoms in total. The number of amides is 2. The zero-order valence-electron chi connectivity index (χ0n) is 16.0. The second-order valence-corrected chi connectivity index (χ2v) is 7.84. The van der Waals surface area contributed by atoms with Crippen LogP contribution in [0.15, 0.2) is 42.5 Å². The van der Waals surface area contributed by atoms with Crippen LogP contribution in [0.3, 0.4) is 0 Å². The second-order valence-electron chi connectivity index (χ2n) is 7.02. The molecule has 0 atom stereocenters. The van der Waals surface area contributed by atoms with Crippen LogP contribution >= 0.6 is 23.2 Å². The molecule has 0 heterocycles. The van der Waals surface area contributed by atoms with Gasteiger partial charge >= 0.3 is 6.03 Å². The smallest absolute Gasteiger partial charge is 0.333 e. The quantitative estimate of drug-likeness (QED) is 0.429. The summed E-state index contributed by atoms with van der Waals surface area (Å²) < 4.78 is 5.99. The van der Waals surface area contributed by atoms with Crippen LogP contribution in [0.2, 0.25) is 10.0 Å². The van der Waals surface area contributed by atoms with Gasteiger partial charge in [-0.1, -0.05) is 23.2 Å². The molecule has 1 aliphatic rings. The largest absolute Gasteiger partial charge is 0.490 e. The first-order chi connectivity index (χ1) is 13.9. The molecular weight excluding hydrogens is 413 g/mol. The number of Topliss-reactive ketones (excluding diaryl/α,β-unsaturated/α-hetero) is 1. The Morgan fingerprint density at radius 1 is 0.966 bits per heavy atom. The molecule has 0 aromatic heterocycles. The number of ketones is 1. The van der Waals surface area contributed by atoms with Crippen LogP contribution in [0.5, 0.6) is 5.75 Å². The minimum absolute atomic E-state index is 0.0371. The molecule has 1 aliphatic carbocycles. The molecule has 2 aromatic carbocycles. The van der Waals surface area contributed by atoms with Crippen molar-refractivity contribution in [3.05, 3.63) is 58.1 Å². The van der Waals surface area contributed by atoms with E-state index in [1.807, 2.05) is 12.1 Å². The van der Waals surface area contributed by atoms with Crippen LogP contribution < -0.4 is 20.9 Å². The number of urea groups is 1. The number of carbonyl (C=O) groups excluding carboxylic acids is 2. The third-order valence-electron chi connectivity index (χ3n) is 4.81. The number of ether oxygens (including phenoxy) is 1. The third kappa shape index (κ3) is 6.27. The number of hydrogen-bond donors (Lipinski definition) is 3. The fraction of sp³-hybridized carbons (Fsp3) is 0.333. The number of carbonyl (C=O) groups is 2. The van der Waals surface area contributed by atoms with Gasteiger partial charge in [0.2, 0.25) is 0 Å². The zero-order valence-corrected chi connectivity index (χ0v) is 17.5. The Morgan fingerprint density at radius 3 is 2.28 bits per heavy atom. The highest BCUT2D eigenvalue weighted by molar-refractivity contribution is 6.42. The normalized spacial score (nSPS) is 18.6. The molecule has 0 radical (unpaired) electrons. The number of rotatable bonds is 6. The first kappa shape index (κ1) is 21.3. The molecule has 29 heavy (non-hydrogen) atoms. The van der Waals surface area contributed by atoms with E-state index in [9.17, 15) is 9.59 Å². The number of nitrogens with one attached hydrogen (secondary N) is 3. The minimum Gasteiger partial charge on any atom is -0.490 e. The first-order valence-corrected chi connectivity index (χ1v) is 10.2. The molecule has 2 amide bonds. The Labute approximate surface area is 179 Å². The van der Waals surface area contributed by atoms with Gasteiger partial charge in [0.05, 0.1) is 21.8 Å². The Bertz CT molecular complexity index is 866. The number of hydrogen-bond acceptors (Lipinski definition) is 4. The van der Waals surface area contributed by atoms with Gasteiger partial charge in [-0.15, -0.1) is 0 Å². The van der Waals surface area contributed by atoms with Gasteiger partial charge in [-0.2, -0.15) is 0 Å². The van der Waals surface area contributed by atoms with E-state index in [1.165, 1.54) is 0 Å². The van der Waals surface area contributed by atoms with Gasteiger partial charge in [0.25, 0.3) is 0 Å². The molecule has 3 rings (SSSR count). The van der Waals surface area contributed by atoms with E-state index < -0.39 is 0 Å². The summed E-state index contributed by atoms with van der Waals surface area (Å²) >= 11 is 11.8. The molecule has 0 bridgehead atoms. The van der Waals surface area contributed by atoms with Crippen LogP contribution in [0.1, 0.15) is 43.0 Å². The lowest BCUT2D eigenvalue weighted by molar-refractivity contribution is 0.101. The molecule has 1 fully saturated rings. The maximum Gasteiger partial charge on any atom is 0.333 e. The standard InChI is InChI=1S/C21H23Cl2N3O3/c1-13(27)14-2-7-17(8-3-14)29-18-9-4-15(5-10-18)24-21(28)26-25-16-6-11-19(22)20(23)12-16/h2-3,6-8,11-12,15,18,25H,4-5,9-10H2,1H3,(H2,24,26,28). The van der Waals surface area contributed by atoms with Crippen molar-refractivity contribution in [1.29, 1.82) is 0 Å². The van der Waals surface area contributed by atoms with Crippen LogP contribution in [-0.2, 0) is 0 Å². The number of halogens is 2. The number of benzene rings is 2. The first-order valence-electron chi connectivity index (χ1n) is 9.46. The van der Waals surface area contributed by atoms with Gasteiger partial charge in [-0.3, -0.25) is 15.6 Å². The van der Waals surface area contributed by atoms with Crippen LogP contribution in [0.25, 0.3) is 0 Å². The molecule has 1 saturated carbocycles. The van der Waals surface area contributed by atoms with E-state index in [1.54, 1.807) is 37.3 Å². The lowest BCUT2D eigenvalue weighted by atomic mass is 9.93. The molecule has 2 aromatic rings. The van der Waals surface area contributed by atoms with Crippen molar-refractivity contribution in [2.24, 2.45) is 0 Å². The van der Waals surface area contributed by atoms with Crippen molar-refractivity contribution in [2.75, 3.05) is 5.43 Å². The summed E-state index contributed by atoms with van der Waals surface area (Å²) in [4.78, 5) is 23.4. The van der Waals surface area contributed by atoms with Gasteiger partial charge < -0.3 is 10.1 Å². The predicted molar refractivity (Wildman–Crippen MR) is 115 cm³/mol. The predicted octanol–water partition coefficient (Wildman–Crippen LogP) is 5.21. The molecule has 0 aliphatic heterocycles. The van der Waals surface area contributed by atoms with E-state index >= 15 is 0 Å². The van der Waals surface area contributed by atoms with Gasteiger partial charge in [-0.25, -0.2) is 4.79 Å². The van der Waals surface area contributed by atoms with E-state index in [-0.39, 0.29) is 24.0 Å². The molecule has 8 heteroatoms. The lowest BCUT2D eigenvalue weighted by Crippen LogP contribution is -2.46. The summed E-state index contributed by atoms with van der Waals surface area (Å²) in [6.45, 7) is 1.54. The molecule has 0 unspecified atom stereocenters. The van der Waals surface area contributed by atoms with Crippen LogP contribution in [0.4, 0.5) is 10.5 Å². The fourth-order valence-corrected chi connectivity index (χ4v) is 3.51. The van der Waals surface area contributed by atoms with E-state index in [4.69, 9.17) is 27.9 Å². The summed E-state index contributed by atoms with van der Waals surface area (Å²) in [6.07, 6.45) is 3.46. The Kier molecular flexibility index (Phi) is 7.23. The van der Waals surface area contributed by atoms with E-state index in [0.717, 1.165) is 31.4 Å². The molecule has 0 spiro atoms. The highest BCUT2D eigenvalue weighted by Gasteiger charge is 2.23. The van der Waals surface area contributed by atoms with Crippen molar-refractivity contribution < 1.29 is 14.3 Å². The minimum atomic E-state index is -0.305. The monoisotopic (exact) mass is 435 g/mol. The topological polar surface area (TPSA) is 79.5 Å². The zero-order chi connectivity index (χ0) is 20.8. The summed E-state index contributed by atoms with van der Waals surface area (Å²) in [5, 5.41) is 3.82. The van der Waals surface area contributed by atoms with Crippen LogP contribution in [-0.4, -0.2) is 24.0 Å². The number of anilines is 1. The van der Waals surface area contributed by atoms with Crippen LogP contribution in [0, 0.1) is 0 Å². The maximum absolute atomic E-state index is 12.1. The van der Waals surface area contributed by atoms with Gasteiger partial charge in [0, 0.05) is 11.6 Å². The highest BCUT2D eigenvalue weighted by atomic mass is 35.5. The Morgan fingerprint density at radius 2 is 1.66 bits per heavy atom. The summed E-state index contributed by atoms with van der Waals surface area (Å²) in [5.74, 6) is 0.796. The van der Waals surface area contributed by atoms with Crippen molar-refractivity contribution in [2.45, 2.75) is 44.8 Å². The third-order valence-corrected chi connectivity index (χ3v) is 5.55. The molecule has 3 N–H and O–H groups in total. The van der Waals surface area contributed by atoms with Gasteiger partial charge in [0.15, 0.2) is 5.78 Å². The summed E-state index contributed by atoms with van der Waals surface area (Å²) in [6, 6.07) is 12.0. The average molecular weight is 436 g/mol. The Balaban J connectivity index is 1.39. The van der Waals surface area contributed by atoms with E-state index in [0.29, 0.717) is 21.3 Å². The molecule has 154 valence electrons. The summed E-state index contributed by atoms with van der Waals surface area (Å²) in [5.41, 5.74) is 6.71. The molecular formula is C21H23Cl2N3O3. The lowest BCUT2D eigenvalue weighted by Gasteiger charge is -2.29. The number of hydrazine groups is 1. The highest BCUT2D eigenvalue weighted by Crippen LogP contribution is 2.25. The fourth-order valence-electron chi connectivity index (χ4n) is 3.21. The molecule has 0 saturated heterocycles. The van der Waals surface area contributed by atoms with E-state index in [2.05, 4.69) is 16.2 Å².